The molecule has 0 radical (unpaired) electrons. The second-order valence-corrected chi connectivity index (χ2v) is 5.89. The number of hydrogen-bond acceptors (Lipinski definition) is 4. The van der Waals surface area contributed by atoms with Gasteiger partial charge in [-0.25, -0.2) is 0 Å². The third-order valence-corrected chi connectivity index (χ3v) is 4.37. The van der Waals surface area contributed by atoms with Gasteiger partial charge < -0.3 is 9.84 Å². The Morgan fingerprint density at radius 2 is 1.91 bits per heavy atom. The number of thiophene rings is 1. The molecular weight excluding hydrogens is 308 g/mol. The summed E-state index contributed by atoms with van der Waals surface area (Å²) < 4.78 is 5.67. The van der Waals surface area contributed by atoms with E-state index in [-0.39, 0.29) is 11.5 Å². The van der Waals surface area contributed by atoms with Crippen molar-refractivity contribution >= 4 is 17.1 Å². The lowest BCUT2D eigenvalue weighted by Gasteiger charge is -2.10. The molecule has 0 fully saturated rings. The zero-order valence-electron chi connectivity index (χ0n) is 12.7. The van der Waals surface area contributed by atoms with E-state index in [0.717, 1.165) is 16.9 Å². The summed E-state index contributed by atoms with van der Waals surface area (Å²) in [7, 11) is 0. The van der Waals surface area contributed by atoms with Crippen LogP contribution in [-0.2, 0) is 0 Å². The number of benzene rings is 2. The molecule has 0 aliphatic heterocycles. The minimum Gasteiger partial charge on any atom is -0.508 e. The van der Waals surface area contributed by atoms with E-state index in [1.807, 2.05) is 42.6 Å². The number of phenols is 1. The predicted molar refractivity (Wildman–Crippen MR) is 92.5 cm³/mol. The van der Waals surface area contributed by atoms with Crippen LogP contribution in [-0.4, -0.2) is 17.5 Å². The van der Waals surface area contributed by atoms with Crippen molar-refractivity contribution in [2.45, 2.75) is 6.92 Å². The van der Waals surface area contributed by atoms with Gasteiger partial charge in [-0.3, -0.25) is 4.79 Å². The topological polar surface area (TPSA) is 46.5 Å². The fourth-order valence-electron chi connectivity index (χ4n) is 2.45. The molecule has 3 rings (SSSR count). The quantitative estimate of drug-likeness (QED) is 0.689. The van der Waals surface area contributed by atoms with Crippen LogP contribution in [0.3, 0.4) is 0 Å². The lowest BCUT2D eigenvalue weighted by atomic mass is 10.0. The van der Waals surface area contributed by atoms with E-state index >= 15 is 0 Å². The molecule has 0 amide bonds. The van der Waals surface area contributed by atoms with Crippen molar-refractivity contribution in [3.05, 3.63) is 70.4 Å². The molecule has 3 nitrogen and oxygen atoms in total. The van der Waals surface area contributed by atoms with Gasteiger partial charge in [0.1, 0.15) is 11.5 Å². The normalized spacial score (nSPS) is 10.5. The molecule has 0 unspecified atom stereocenters. The van der Waals surface area contributed by atoms with Gasteiger partial charge in [-0.15, -0.1) is 11.3 Å². The van der Waals surface area contributed by atoms with Crippen LogP contribution in [0.15, 0.2) is 60.0 Å². The predicted octanol–water partition coefficient (Wildman–Crippen LogP) is 4.75. The molecule has 3 aromatic rings. The molecule has 0 saturated carbocycles. The van der Waals surface area contributed by atoms with E-state index in [9.17, 15) is 9.90 Å². The molecule has 2 aromatic carbocycles. The SMILES string of the molecule is CCOc1ccccc1-c1ccsc1C(=O)c1cccc(O)c1. The molecule has 0 aliphatic rings. The highest BCUT2D eigenvalue weighted by molar-refractivity contribution is 7.12. The minimum absolute atomic E-state index is 0.0867. The zero-order valence-corrected chi connectivity index (χ0v) is 13.5. The summed E-state index contributed by atoms with van der Waals surface area (Å²) in [5.41, 5.74) is 2.23. The first kappa shape index (κ1) is 15.3. The number of rotatable bonds is 5. The van der Waals surface area contributed by atoms with E-state index in [1.54, 1.807) is 18.2 Å². The number of hydrogen-bond donors (Lipinski definition) is 1. The average Bonchev–Trinajstić information content (AvgIpc) is 3.04. The van der Waals surface area contributed by atoms with Gasteiger partial charge in [-0.05, 0) is 36.6 Å². The number of aromatic hydroxyl groups is 1. The highest BCUT2D eigenvalue weighted by Crippen LogP contribution is 2.36. The van der Waals surface area contributed by atoms with Gasteiger partial charge in [0.25, 0.3) is 0 Å². The van der Waals surface area contributed by atoms with E-state index in [4.69, 9.17) is 4.74 Å². The molecule has 0 atom stereocenters. The Morgan fingerprint density at radius 3 is 2.70 bits per heavy atom. The van der Waals surface area contributed by atoms with Gasteiger partial charge in [0.05, 0.1) is 11.5 Å². The largest absolute Gasteiger partial charge is 0.508 e. The number of ketones is 1. The van der Waals surface area contributed by atoms with Gasteiger partial charge >= 0.3 is 0 Å². The standard InChI is InChI=1S/C19H16O3S/c1-2-22-17-9-4-3-8-15(17)16-10-11-23-19(16)18(21)13-6-5-7-14(20)12-13/h3-12,20H,2H2,1H3. The van der Waals surface area contributed by atoms with Crippen LogP contribution in [0.5, 0.6) is 11.5 Å². The van der Waals surface area contributed by atoms with Gasteiger partial charge in [0.2, 0.25) is 5.78 Å². The lowest BCUT2D eigenvalue weighted by Crippen LogP contribution is -2.01. The maximum atomic E-state index is 12.8. The summed E-state index contributed by atoms with van der Waals surface area (Å²) in [6, 6.07) is 16.0. The Labute approximate surface area is 138 Å². The maximum absolute atomic E-state index is 12.8. The van der Waals surface area contributed by atoms with E-state index in [2.05, 4.69) is 0 Å². The van der Waals surface area contributed by atoms with Crippen molar-refractivity contribution in [2.75, 3.05) is 6.61 Å². The van der Waals surface area contributed by atoms with Gasteiger partial charge in [-0.2, -0.15) is 0 Å². The molecule has 0 saturated heterocycles. The molecule has 0 spiro atoms. The van der Waals surface area contributed by atoms with Crippen molar-refractivity contribution in [1.29, 1.82) is 0 Å². The second kappa shape index (κ2) is 6.67. The summed E-state index contributed by atoms with van der Waals surface area (Å²) in [6.07, 6.45) is 0. The van der Waals surface area contributed by atoms with Crippen LogP contribution in [0.4, 0.5) is 0 Å². The van der Waals surface area contributed by atoms with Gasteiger partial charge in [0, 0.05) is 16.7 Å². The first-order chi connectivity index (χ1) is 11.2. The van der Waals surface area contributed by atoms with Gasteiger partial charge in [0.15, 0.2) is 0 Å². The van der Waals surface area contributed by atoms with Crippen molar-refractivity contribution in [3.63, 3.8) is 0 Å². The molecule has 0 aliphatic carbocycles. The number of ether oxygens (including phenoxy) is 1. The Hall–Kier alpha value is -2.59. The molecular formula is C19H16O3S. The number of carbonyl (C=O) groups excluding carboxylic acids is 1. The van der Waals surface area contributed by atoms with Crippen molar-refractivity contribution in [3.8, 4) is 22.6 Å². The van der Waals surface area contributed by atoms with Crippen LogP contribution in [0, 0.1) is 0 Å². The van der Waals surface area contributed by atoms with E-state index in [1.165, 1.54) is 17.4 Å². The summed E-state index contributed by atoms with van der Waals surface area (Å²) in [6.45, 7) is 2.50. The number of carbonyl (C=O) groups is 1. The van der Waals surface area contributed by atoms with Crippen molar-refractivity contribution in [2.24, 2.45) is 0 Å². The molecule has 4 heteroatoms. The molecule has 1 heterocycles. The molecule has 1 aromatic heterocycles. The van der Waals surface area contributed by atoms with E-state index in [0.29, 0.717) is 17.0 Å². The molecule has 0 bridgehead atoms. The number of para-hydroxylation sites is 1. The third kappa shape index (κ3) is 3.12. The lowest BCUT2D eigenvalue weighted by molar-refractivity contribution is 0.104. The monoisotopic (exact) mass is 324 g/mol. The van der Waals surface area contributed by atoms with Crippen LogP contribution >= 0.6 is 11.3 Å². The fourth-order valence-corrected chi connectivity index (χ4v) is 3.32. The average molecular weight is 324 g/mol. The molecule has 23 heavy (non-hydrogen) atoms. The minimum atomic E-state index is -0.0998. The summed E-state index contributed by atoms with van der Waals surface area (Å²) in [5.74, 6) is 0.749. The van der Waals surface area contributed by atoms with Crippen molar-refractivity contribution in [1.82, 2.24) is 0 Å². The van der Waals surface area contributed by atoms with Crippen molar-refractivity contribution < 1.29 is 14.6 Å². The highest BCUT2D eigenvalue weighted by atomic mass is 32.1. The summed E-state index contributed by atoms with van der Waals surface area (Å²) in [4.78, 5) is 13.4. The van der Waals surface area contributed by atoms with Crippen LogP contribution in [0.2, 0.25) is 0 Å². The Balaban J connectivity index is 2.05. The van der Waals surface area contributed by atoms with E-state index < -0.39 is 0 Å². The van der Waals surface area contributed by atoms with Crippen LogP contribution in [0.25, 0.3) is 11.1 Å². The Kier molecular flexibility index (Phi) is 4.44. The Morgan fingerprint density at radius 1 is 1.09 bits per heavy atom. The fraction of sp³-hybridized carbons (Fsp3) is 0.105. The smallest absolute Gasteiger partial charge is 0.203 e. The number of phenolic OH excluding ortho intramolecular Hbond substituents is 1. The summed E-state index contributed by atoms with van der Waals surface area (Å²) in [5, 5.41) is 11.5. The summed E-state index contributed by atoms with van der Waals surface area (Å²) >= 11 is 1.39. The van der Waals surface area contributed by atoms with Gasteiger partial charge in [-0.1, -0.05) is 30.3 Å². The van der Waals surface area contributed by atoms with Crippen LogP contribution in [0.1, 0.15) is 22.2 Å². The molecule has 1 N–H and O–H groups in total. The zero-order chi connectivity index (χ0) is 16.2. The second-order valence-electron chi connectivity index (χ2n) is 4.97. The Bertz CT molecular complexity index is 836. The highest BCUT2D eigenvalue weighted by Gasteiger charge is 2.19. The molecule has 116 valence electrons. The van der Waals surface area contributed by atoms with Crippen LogP contribution < -0.4 is 4.74 Å². The third-order valence-electron chi connectivity index (χ3n) is 3.46. The maximum Gasteiger partial charge on any atom is 0.203 e. The first-order valence-electron chi connectivity index (χ1n) is 7.34. The first-order valence-corrected chi connectivity index (χ1v) is 8.22.